The molecule has 0 aliphatic heterocycles. The van der Waals surface area contributed by atoms with Gasteiger partial charge in [-0.3, -0.25) is 0 Å². The number of aliphatic hydroxyl groups excluding tert-OH is 1. The van der Waals surface area contributed by atoms with E-state index in [2.05, 4.69) is 0 Å². The van der Waals surface area contributed by atoms with Crippen LogP contribution < -0.4 is 0 Å². The van der Waals surface area contributed by atoms with Crippen molar-refractivity contribution < 1.29 is 10.2 Å². The molecule has 1 rings (SSSR count). The molecule has 0 radical (unpaired) electrons. The summed E-state index contributed by atoms with van der Waals surface area (Å²) in [7, 11) is 0. The van der Waals surface area contributed by atoms with Crippen LogP contribution >= 0.6 is 11.8 Å². The van der Waals surface area contributed by atoms with Crippen molar-refractivity contribution >= 4 is 11.8 Å². The molecular formula is C10H20O2S. The first kappa shape index (κ1) is 11.3. The van der Waals surface area contributed by atoms with Crippen molar-refractivity contribution in [1.29, 1.82) is 0 Å². The zero-order chi connectivity index (χ0) is 10.1. The van der Waals surface area contributed by atoms with Crippen LogP contribution in [0.15, 0.2) is 0 Å². The Labute approximate surface area is 84.7 Å². The van der Waals surface area contributed by atoms with E-state index in [1.54, 1.807) is 18.7 Å². The summed E-state index contributed by atoms with van der Waals surface area (Å²) in [4.78, 5) is 0. The summed E-state index contributed by atoms with van der Waals surface area (Å²) in [6, 6.07) is 0. The number of hydrogen-bond donors (Lipinski definition) is 2. The topological polar surface area (TPSA) is 40.5 Å². The van der Waals surface area contributed by atoms with E-state index < -0.39 is 5.60 Å². The van der Waals surface area contributed by atoms with Crippen LogP contribution in [0.3, 0.4) is 0 Å². The summed E-state index contributed by atoms with van der Waals surface area (Å²) in [5.41, 5.74) is -0.520. The molecule has 0 aromatic rings. The fourth-order valence-corrected chi connectivity index (χ4v) is 3.16. The predicted molar refractivity (Wildman–Crippen MR) is 57.0 cm³/mol. The maximum atomic E-state index is 9.98. The lowest BCUT2D eigenvalue weighted by molar-refractivity contribution is 0.0729. The molecule has 0 heterocycles. The number of thioether (sulfide) groups is 1. The Balaban J connectivity index is 2.45. The van der Waals surface area contributed by atoms with Gasteiger partial charge in [-0.2, -0.15) is 0 Å². The van der Waals surface area contributed by atoms with Gasteiger partial charge in [0, 0.05) is 10.5 Å². The van der Waals surface area contributed by atoms with Crippen molar-refractivity contribution in [1.82, 2.24) is 0 Å². The van der Waals surface area contributed by atoms with Crippen molar-refractivity contribution in [2.45, 2.75) is 62.2 Å². The van der Waals surface area contributed by atoms with E-state index in [9.17, 15) is 10.2 Å². The molecule has 0 aromatic heterocycles. The van der Waals surface area contributed by atoms with Gasteiger partial charge >= 0.3 is 0 Å². The molecule has 2 nitrogen and oxygen atoms in total. The predicted octanol–water partition coefficient (Wildman–Crippen LogP) is 1.79. The molecule has 1 aliphatic rings. The summed E-state index contributed by atoms with van der Waals surface area (Å²) in [5, 5.41) is 19.9. The fourth-order valence-electron chi connectivity index (χ4n) is 1.70. The van der Waals surface area contributed by atoms with Crippen LogP contribution in [0, 0.1) is 0 Å². The van der Waals surface area contributed by atoms with Crippen molar-refractivity contribution in [2.24, 2.45) is 0 Å². The minimum Gasteiger partial charge on any atom is -0.392 e. The Morgan fingerprint density at radius 3 is 2.46 bits per heavy atom. The molecule has 4 unspecified atom stereocenters. The SMILES string of the molecule is CC(O)C(C)SC1CCCC1(C)O. The Hall–Kier alpha value is 0.270. The van der Waals surface area contributed by atoms with Crippen LogP contribution in [0.5, 0.6) is 0 Å². The number of hydrogen-bond acceptors (Lipinski definition) is 3. The van der Waals surface area contributed by atoms with Gasteiger partial charge in [0.25, 0.3) is 0 Å². The fraction of sp³-hybridized carbons (Fsp3) is 1.00. The van der Waals surface area contributed by atoms with Crippen LogP contribution in [0.1, 0.15) is 40.0 Å². The molecule has 1 fully saturated rings. The van der Waals surface area contributed by atoms with Crippen LogP contribution in [0.2, 0.25) is 0 Å². The first-order chi connectivity index (χ1) is 5.93. The normalized spacial score (nSPS) is 39.0. The van der Waals surface area contributed by atoms with Gasteiger partial charge in [0.1, 0.15) is 0 Å². The van der Waals surface area contributed by atoms with Crippen LogP contribution in [0.4, 0.5) is 0 Å². The molecule has 78 valence electrons. The zero-order valence-corrected chi connectivity index (χ0v) is 9.47. The lowest BCUT2D eigenvalue weighted by Crippen LogP contribution is -2.33. The van der Waals surface area contributed by atoms with E-state index in [-0.39, 0.29) is 11.4 Å². The lowest BCUT2D eigenvalue weighted by atomic mass is 10.1. The molecule has 0 amide bonds. The Bertz CT molecular complexity index is 168. The summed E-state index contributed by atoms with van der Waals surface area (Å²) in [6.45, 7) is 5.73. The standard InChI is InChI=1S/C10H20O2S/c1-7(11)8(2)13-9-5-4-6-10(9,3)12/h7-9,11-12H,4-6H2,1-3H3. The smallest absolute Gasteiger partial charge is 0.0737 e. The highest BCUT2D eigenvalue weighted by molar-refractivity contribution is 8.00. The number of aliphatic hydroxyl groups is 2. The Morgan fingerprint density at radius 2 is 2.08 bits per heavy atom. The Morgan fingerprint density at radius 1 is 1.46 bits per heavy atom. The van der Waals surface area contributed by atoms with Crippen LogP contribution in [0.25, 0.3) is 0 Å². The number of rotatable bonds is 3. The van der Waals surface area contributed by atoms with Gasteiger partial charge in [0.05, 0.1) is 11.7 Å². The first-order valence-electron chi connectivity index (χ1n) is 4.99. The lowest BCUT2D eigenvalue weighted by Gasteiger charge is -2.28. The summed E-state index contributed by atoms with van der Waals surface area (Å²) in [6.07, 6.45) is 2.80. The van der Waals surface area contributed by atoms with Gasteiger partial charge in [-0.25, -0.2) is 0 Å². The van der Waals surface area contributed by atoms with Gasteiger partial charge < -0.3 is 10.2 Å². The first-order valence-corrected chi connectivity index (χ1v) is 5.93. The van der Waals surface area contributed by atoms with Gasteiger partial charge in [-0.05, 0) is 33.1 Å². The van der Waals surface area contributed by atoms with Crippen LogP contribution in [-0.2, 0) is 0 Å². The van der Waals surface area contributed by atoms with Crippen molar-refractivity contribution in [3.05, 3.63) is 0 Å². The minimum atomic E-state index is -0.520. The highest BCUT2D eigenvalue weighted by atomic mass is 32.2. The summed E-state index contributed by atoms with van der Waals surface area (Å²) in [5.74, 6) is 0. The Kier molecular flexibility index (Phi) is 3.66. The zero-order valence-electron chi connectivity index (χ0n) is 8.66. The second-order valence-electron chi connectivity index (χ2n) is 4.32. The average molecular weight is 204 g/mol. The molecule has 13 heavy (non-hydrogen) atoms. The molecule has 0 bridgehead atoms. The van der Waals surface area contributed by atoms with Crippen molar-refractivity contribution in [3.8, 4) is 0 Å². The third-order valence-corrected chi connectivity index (χ3v) is 4.80. The molecule has 0 spiro atoms. The van der Waals surface area contributed by atoms with Gasteiger partial charge in [-0.15, -0.1) is 11.8 Å². The molecular weight excluding hydrogens is 184 g/mol. The second-order valence-corrected chi connectivity index (χ2v) is 5.90. The molecule has 3 heteroatoms. The maximum absolute atomic E-state index is 9.98. The van der Waals surface area contributed by atoms with Gasteiger partial charge in [0.15, 0.2) is 0 Å². The summed E-state index contributed by atoms with van der Waals surface area (Å²) >= 11 is 1.72. The van der Waals surface area contributed by atoms with Crippen molar-refractivity contribution in [2.75, 3.05) is 0 Å². The minimum absolute atomic E-state index is 0.217. The van der Waals surface area contributed by atoms with E-state index in [0.29, 0.717) is 5.25 Å². The van der Waals surface area contributed by atoms with Gasteiger partial charge in [0.2, 0.25) is 0 Å². The summed E-state index contributed by atoms with van der Waals surface area (Å²) < 4.78 is 0. The molecule has 0 aromatic carbocycles. The maximum Gasteiger partial charge on any atom is 0.0737 e. The second kappa shape index (κ2) is 4.20. The van der Waals surface area contributed by atoms with Crippen molar-refractivity contribution in [3.63, 3.8) is 0 Å². The molecule has 1 saturated carbocycles. The van der Waals surface area contributed by atoms with E-state index in [1.165, 1.54) is 0 Å². The monoisotopic (exact) mass is 204 g/mol. The van der Waals surface area contributed by atoms with E-state index in [0.717, 1.165) is 19.3 Å². The third kappa shape index (κ3) is 2.86. The molecule has 1 aliphatic carbocycles. The van der Waals surface area contributed by atoms with E-state index in [1.807, 2.05) is 13.8 Å². The average Bonchev–Trinajstić information content (AvgIpc) is 2.30. The largest absolute Gasteiger partial charge is 0.392 e. The quantitative estimate of drug-likeness (QED) is 0.736. The third-order valence-electron chi connectivity index (χ3n) is 2.90. The van der Waals surface area contributed by atoms with Crippen LogP contribution in [-0.4, -0.2) is 32.4 Å². The highest BCUT2D eigenvalue weighted by Gasteiger charge is 2.38. The molecule has 4 atom stereocenters. The van der Waals surface area contributed by atoms with E-state index in [4.69, 9.17) is 0 Å². The van der Waals surface area contributed by atoms with E-state index >= 15 is 0 Å². The molecule has 0 saturated heterocycles. The highest BCUT2D eigenvalue weighted by Crippen LogP contribution is 2.40. The molecule has 2 N–H and O–H groups in total. The van der Waals surface area contributed by atoms with Gasteiger partial charge in [-0.1, -0.05) is 6.92 Å².